The van der Waals surface area contributed by atoms with Gasteiger partial charge in [0.1, 0.15) is 0 Å². The van der Waals surface area contributed by atoms with Crippen LogP contribution in [-0.4, -0.2) is 24.8 Å². The number of amides is 1. The molecule has 2 aromatic carbocycles. The van der Waals surface area contributed by atoms with Crippen LogP contribution in [0, 0.1) is 5.92 Å². The monoisotopic (exact) mass is 339 g/mol. The van der Waals surface area contributed by atoms with Crippen LogP contribution < -0.4 is 5.32 Å². The number of ketones is 1. The largest absolute Gasteiger partial charge is 0.465 e. The van der Waals surface area contributed by atoms with E-state index in [4.69, 9.17) is 0 Å². The van der Waals surface area contributed by atoms with Crippen LogP contribution in [-0.2, 0) is 9.53 Å². The summed E-state index contributed by atoms with van der Waals surface area (Å²) in [6.45, 7) is 3.19. The smallest absolute Gasteiger partial charge is 0.337 e. The molecule has 0 aromatic heterocycles. The van der Waals surface area contributed by atoms with Crippen molar-refractivity contribution in [2.45, 2.75) is 19.9 Å². The average Bonchev–Trinajstić information content (AvgIpc) is 2.65. The third-order valence-electron chi connectivity index (χ3n) is 4.02. The quantitative estimate of drug-likeness (QED) is 0.648. The number of carbonyl (C=O) groups is 3. The van der Waals surface area contributed by atoms with Gasteiger partial charge in [-0.1, -0.05) is 49.4 Å². The molecule has 0 radical (unpaired) electrons. The van der Waals surface area contributed by atoms with Gasteiger partial charge in [0, 0.05) is 18.4 Å². The summed E-state index contributed by atoms with van der Waals surface area (Å²) < 4.78 is 4.68. The van der Waals surface area contributed by atoms with E-state index in [2.05, 4.69) is 10.1 Å². The first-order valence-electron chi connectivity index (χ1n) is 7.98. The lowest BCUT2D eigenvalue weighted by Crippen LogP contribution is -2.34. The minimum absolute atomic E-state index is 0.0589. The maximum absolute atomic E-state index is 12.7. The van der Waals surface area contributed by atoms with Crippen molar-refractivity contribution < 1.29 is 19.1 Å². The number of rotatable bonds is 6. The molecule has 130 valence electrons. The summed E-state index contributed by atoms with van der Waals surface area (Å²) in [6, 6.07) is 15.2. The van der Waals surface area contributed by atoms with Gasteiger partial charge in [0.25, 0.3) is 0 Å². The average molecular weight is 339 g/mol. The number of Topliss-reactive ketones (excluding diaryl/α,β-unsaturated/α-hetero) is 1. The summed E-state index contributed by atoms with van der Waals surface area (Å²) in [6.07, 6.45) is 0. The second-order valence-corrected chi connectivity index (χ2v) is 5.81. The van der Waals surface area contributed by atoms with Crippen molar-refractivity contribution in [1.29, 1.82) is 0 Å². The van der Waals surface area contributed by atoms with Gasteiger partial charge in [0.05, 0.1) is 18.7 Å². The summed E-state index contributed by atoms with van der Waals surface area (Å²) in [7, 11) is 1.32. The van der Waals surface area contributed by atoms with Crippen LogP contribution in [0.1, 0.15) is 46.2 Å². The van der Waals surface area contributed by atoms with E-state index in [9.17, 15) is 14.4 Å². The van der Waals surface area contributed by atoms with E-state index < -0.39 is 17.9 Å². The van der Waals surface area contributed by atoms with E-state index in [1.165, 1.54) is 14.0 Å². The highest BCUT2D eigenvalue weighted by atomic mass is 16.5. The number of methoxy groups -OCH3 is 1. The Balaban J connectivity index is 2.30. The van der Waals surface area contributed by atoms with Gasteiger partial charge in [-0.3, -0.25) is 9.59 Å². The molecule has 0 heterocycles. The lowest BCUT2D eigenvalue weighted by molar-refractivity contribution is -0.119. The van der Waals surface area contributed by atoms with Crippen molar-refractivity contribution in [3.8, 4) is 0 Å². The first-order valence-corrected chi connectivity index (χ1v) is 7.98. The lowest BCUT2D eigenvalue weighted by atomic mass is 9.87. The van der Waals surface area contributed by atoms with E-state index in [0.717, 1.165) is 5.56 Å². The molecule has 0 fully saturated rings. The third-order valence-corrected chi connectivity index (χ3v) is 4.02. The predicted molar refractivity (Wildman–Crippen MR) is 94.3 cm³/mol. The van der Waals surface area contributed by atoms with Crippen LogP contribution in [0.4, 0.5) is 0 Å². The fraction of sp³-hybridized carbons (Fsp3) is 0.250. The molecule has 0 spiro atoms. The van der Waals surface area contributed by atoms with E-state index in [1.54, 1.807) is 55.5 Å². The zero-order chi connectivity index (χ0) is 18.4. The van der Waals surface area contributed by atoms with Gasteiger partial charge in [-0.15, -0.1) is 0 Å². The van der Waals surface area contributed by atoms with Gasteiger partial charge in [0.2, 0.25) is 5.91 Å². The van der Waals surface area contributed by atoms with Gasteiger partial charge in [-0.2, -0.15) is 0 Å². The second kappa shape index (κ2) is 8.24. The molecule has 0 aliphatic rings. The number of esters is 1. The molecule has 2 unspecified atom stereocenters. The van der Waals surface area contributed by atoms with Crippen molar-refractivity contribution in [1.82, 2.24) is 5.32 Å². The normalized spacial score (nSPS) is 12.8. The highest BCUT2D eigenvalue weighted by Gasteiger charge is 2.27. The Labute approximate surface area is 147 Å². The van der Waals surface area contributed by atoms with Gasteiger partial charge >= 0.3 is 5.97 Å². The molecule has 1 amide bonds. The highest BCUT2D eigenvalue weighted by Crippen LogP contribution is 2.26. The van der Waals surface area contributed by atoms with Crippen LogP contribution in [0.3, 0.4) is 0 Å². The number of carbonyl (C=O) groups excluding carboxylic acids is 3. The maximum atomic E-state index is 12.7. The second-order valence-electron chi connectivity index (χ2n) is 5.81. The molecule has 5 nitrogen and oxygen atoms in total. The molecular formula is C20H21NO4. The minimum Gasteiger partial charge on any atom is -0.465 e. The molecule has 0 saturated carbocycles. The van der Waals surface area contributed by atoms with Crippen molar-refractivity contribution in [3.63, 3.8) is 0 Å². The van der Waals surface area contributed by atoms with Crippen molar-refractivity contribution >= 4 is 17.7 Å². The molecule has 0 bridgehead atoms. The summed E-state index contributed by atoms with van der Waals surface area (Å²) >= 11 is 0. The predicted octanol–water partition coefficient (Wildman–Crippen LogP) is 3.17. The maximum Gasteiger partial charge on any atom is 0.337 e. The van der Waals surface area contributed by atoms with Crippen LogP contribution >= 0.6 is 0 Å². The van der Waals surface area contributed by atoms with E-state index in [0.29, 0.717) is 11.1 Å². The molecular weight excluding hydrogens is 318 g/mol. The molecule has 2 aromatic rings. The molecule has 0 saturated heterocycles. The van der Waals surface area contributed by atoms with E-state index >= 15 is 0 Å². The Morgan fingerprint density at radius 1 is 0.920 bits per heavy atom. The molecule has 1 N–H and O–H groups in total. The van der Waals surface area contributed by atoms with Crippen LogP contribution in [0.5, 0.6) is 0 Å². The standard InChI is InChI=1S/C20H21NO4/c1-13(19(23)16-7-5-4-6-8-16)18(21-14(2)22)15-9-11-17(12-10-15)20(24)25-3/h4-13,18H,1-3H3,(H,21,22). The number of benzene rings is 2. The number of hydrogen-bond acceptors (Lipinski definition) is 4. The van der Waals surface area contributed by atoms with Crippen molar-refractivity contribution in [2.75, 3.05) is 7.11 Å². The summed E-state index contributed by atoms with van der Waals surface area (Å²) in [5.74, 6) is -1.18. The summed E-state index contributed by atoms with van der Waals surface area (Å²) in [5, 5.41) is 2.83. The summed E-state index contributed by atoms with van der Waals surface area (Å²) in [4.78, 5) is 35.9. The Bertz CT molecular complexity index is 753. The van der Waals surface area contributed by atoms with Gasteiger partial charge in [-0.05, 0) is 17.7 Å². The molecule has 2 rings (SSSR count). The minimum atomic E-state index is -0.489. The Morgan fingerprint density at radius 2 is 1.52 bits per heavy atom. The first kappa shape index (κ1) is 18.4. The van der Waals surface area contributed by atoms with Gasteiger partial charge in [-0.25, -0.2) is 4.79 Å². The molecule has 25 heavy (non-hydrogen) atoms. The van der Waals surface area contributed by atoms with Crippen LogP contribution in [0.25, 0.3) is 0 Å². The topological polar surface area (TPSA) is 72.5 Å². The zero-order valence-corrected chi connectivity index (χ0v) is 14.5. The molecule has 0 aliphatic heterocycles. The number of hydrogen-bond donors (Lipinski definition) is 1. The van der Waals surface area contributed by atoms with Gasteiger partial charge in [0.15, 0.2) is 5.78 Å². The fourth-order valence-corrected chi connectivity index (χ4v) is 2.68. The number of ether oxygens (including phenoxy) is 1. The fourth-order valence-electron chi connectivity index (χ4n) is 2.68. The molecule has 2 atom stereocenters. The molecule has 5 heteroatoms. The Hall–Kier alpha value is -2.95. The van der Waals surface area contributed by atoms with Crippen LogP contribution in [0.15, 0.2) is 54.6 Å². The first-order chi connectivity index (χ1) is 11.9. The van der Waals surface area contributed by atoms with Crippen molar-refractivity contribution in [2.24, 2.45) is 5.92 Å². The summed E-state index contributed by atoms with van der Waals surface area (Å²) in [5.41, 5.74) is 1.76. The van der Waals surface area contributed by atoms with E-state index in [1.807, 2.05) is 6.07 Å². The van der Waals surface area contributed by atoms with Gasteiger partial charge < -0.3 is 10.1 Å². The third kappa shape index (κ3) is 4.53. The lowest BCUT2D eigenvalue weighted by Gasteiger charge is -2.24. The van der Waals surface area contributed by atoms with E-state index in [-0.39, 0.29) is 11.7 Å². The van der Waals surface area contributed by atoms with Crippen molar-refractivity contribution in [3.05, 3.63) is 71.3 Å². The zero-order valence-electron chi connectivity index (χ0n) is 14.5. The number of nitrogens with one attached hydrogen (secondary N) is 1. The molecule has 0 aliphatic carbocycles. The SMILES string of the molecule is COC(=O)c1ccc(C(NC(C)=O)C(C)C(=O)c2ccccc2)cc1. The highest BCUT2D eigenvalue weighted by molar-refractivity contribution is 5.98. The Morgan fingerprint density at radius 3 is 2.04 bits per heavy atom. The Kier molecular flexibility index (Phi) is 6.06. The van der Waals surface area contributed by atoms with Crippen LogP contribution in [0.2, 0.25) is 0 Å².